The number of rotatable bonds is 8. The Balaban J connectivity index is 1.94. The van der Waals surface area contributed by atoms with E-state index in [4.69, 9.17) is 9.47 Å². The van der Waals surface area contributed by atoms with Crippen molar-refractivity contribution >= 4 is 11.9 Å². The fourth-order valence-electron chi connectivity index (χ4n) is 2.09. The monoisotopic (exact) mass is 268 g/mol. The van der Waals surface area contributed by atoms with Gasteiger partial charge in [0, 0.05) is 12.0 Å². The minimum absolute atomic E-state index is 0.0918. The predicted octanol–water partition coefficient (Wildman–Crippen LogP) is 3.15. The number of hydrogen-bond donors (Lipinski definition) is 0. The van der Waals surface area contributed by atoms with E-state index >= 15 is 0 Å². The summed E-state index contributed by atoms with van der Waals surface area (Å²) in [7, 11) is 0. The summed E-state index contributed by atoms with van der Waals surface area (Å²) in [6, 6.07) is 0. The maximum Gasteiger partial charge on any atom is 0.333 e. The molecule has 0 heterocycles. The summed E-state index contributed by atoms with van der Waals surface area (Å²) in [5.41, 5.74) is 0.417. The third-order valence-electron chi connectivity index (χ3n) is 3.21. The van der Waals surface area contributed by atoms with E-state index in [0.29, 0.717) is 18.6 Å². The Morgan fingerprint density at radius 2 is 1.84 bits per heavy atom. The average Bonchev–Trinajstić information content (AvgIpc) is 2.85. The molecule has 0 spiro atoms. The van der Waals surface area contributed by atoms with Gasteiger partial charge in [-0.05, 0) is 51.9 Å². The van der Waals surface area contributed by atoms with Gasteiger partial charge in [0.2, 0.25) is 0 Å². The maximum atomic E-state index is 11.5. The molecule has 19 heavy (non-hydrogen) atoms. The Morgan fingerprint density at radius 1 is 1.16 bits per heavy atom. The first-order valence-electron chi connectivity index (χ1n) is 7.11. The number of hydrogen-bond acceptors (Lipinski definition) is 4. The van der Waals surface area contributed by atoms with E-state index in [1.54, 1.807) is 6.92 Å². The molecule has 4 nitrogen and oxygen atoms in total. The standard InChI is InChI=1S/C15H24O4/c1-12(2)15(17)18-11-7-3-4-10-14(16)19-13-8-5-6-9-13/h13H,1,3-11H2,2H3. The molecule has 0 bridgehead atoms. The summed E-state index contributed by atoms with van der Waals surface area (Å²) in [6.07, 6.45) is 7.42. The summed E-state index contributed by atoms with van der Waals surface area (Å²) in [5, 5.41) is 0. The third-order valence-corrected chi connectivity index (χ3v) is 3.21. The number of carbonyl (C=O) groups excluding carboxylic acids is 2. The van der Waals surface area contributed by atoms with Crippen LogP contribution in [0.5, 0.6) is 0 Å². The average molecular weight is 268 g/mol. The number of ether oxygens (including phenoxy) is 2. The van der Waals surface area contributed by atoms with Crippen molar-refractivity contribution < 1.29 is 19.1 Å². The Morgan fingerprint density at radius 3 is 2.47 bits per heavy atom. The van der Waals surface area contributed by atoms with Gasteiger partial charge in [0.15, 0.2) is 0 Å². The van der Waals surface area contributed by atoms with E-state index in [-0.39, 0.29) is 18.0 Å². The van der Waals surface area contributed by atoms with Crippen molar-refractivity contribution in [2.24, 2.45) is 0 Å². The van der Waals surface area contributed by atoms with Crippen molar-refractivity contribution in [3.05, 3.63) is 12.2 Å². The van der Waals surface area contributed by atoms with Crippen molar-refractivity contribution in [2.45, 2.75) is 64.4 Å². The van der Waals surface area contributed by atoms with Crippen LogP contribution in [0.3, 0.4) is 0 Å². The van der Waals surface area contributed by atoms with Crippen LogP contribution in [0, 0.1) is 0 Å². The minimum Gasteiger partial charge on any atom is -0.462 e. The van der Waals surface area contributed by atoms with Crippen LogP contribution in [-0.2, 0) is 19.1 Å². The second-order valence-electron chi connectivity index (χ2n) is 5.12. The zero-order valence-corrected chi connectivity index (χ0v) is 11.8. The zero-order chi connectivity index (χ0) is 14.1. The van der Waals surface area contributed by atoms with Gasteiger partial charge in [-0.25, -0.2) is 4.79 Å². The lowest BCUT2D eigenvalue weighted by molar-refractivity contribution is -0.149. The molecular weight excluding hydrogens is 244 g/mol. The highest BCUT2D eigenvalue weighted by molar-refractivity contribution is 5.86. The van der Waals surface area contributed by atoms with Gasteiger partial charge in [-0.2, -0.15) is 0 Å². The Bertz CT molecular complexity index is 316. The van der Waals surface area contributed by atoms with E-state index in [1.807, 2.05) is 0 Å². The van der Waals surface area contributed by atoms with Crippen LogP contribution < -0.4 is 0 Å². The smallest absolute Gasteiger partial charge is 0.333 e. The molecule has 1 aliphatic carbocycles. The largest absolute Gasteiger partial charge is 0.462 e. The summed E-state index contributed by atoms with van der Waals surface area (Å²) in [6.45, 7) is 5.52. The van der Waals surface area contributed by atoms with Crippen molar-refractivity contribution in [2.75, 3.05) is 6.61 Å². The Kier molecular flexibility index (Phi) is 7.23. The van der Waals surface area contributed by atoms with Crippen LogP contribution in [0.4, 0.5) is 0 Å². The number of unbranched alkanes of at least 4 members (excludes halogenated alkanes) is 2. The topological polar surface area (TPSA) is 52.6 Å². The van der Waals surface area contributed by atoms with Gasteiger partial charge in [-0.3, -0.25) is 4.79 Å². The number of esters is 2. The van der Waals surface area contributed by atoms with Gasteiger partial charge < -0.3 is 9.47 Å². The molecule has 0 unspecified atom stereocenters. The SMILES string of the molecule is C=C(C)C(=O)OCCCCCC(=O)OC1CCCC1. The molecule has 0 aromatic carbocycles. The molecule has 4 heteroatoms. The van der Waals surface area contributed by atoms with E-state index in [0.717, 1.165) is 32.1 Å². The summed E-state index contributed by atoms with van der Waals surface area (Å²) >= 11 is 0. The number of carbonyl (C=O) groups is 2. The molecule has 1 rings (SSSR count). The van der Waals surface area contributed by atoms with Gasteiger partial charge in [0.1, 0.15) is 6.10 Å². The van der Waals surface area contributed by atoms with Crippen molar-refractivity contribution in [3.63, 3.8) is 0 Å². The minimum atomic E-state index is -0.347. The highest BCUT2D eigenvalue weighted by Gasteiger charge is 2.18. The summed E-state index contributed by atoms with van der Waals surface area (Å²) in [5.74, 6) is -0.438. The molecule has 0 amide bonds. The van der Waals surface area contributed by atoms with Crippen molar-refractivity contribution in [3.8, 4) is 0 Å². The maximum absolute atomic E-state index is 11.5. The second-order valence-corrected chi connectivity index (χ2v) is 5.12. The summed E-state index contributed by atoms with van der Waals surface area (Å²) in [4.78, 5) is 22.6. The van der Waals surface area contributed by atoms with Crippen molar-refractivity contribution in [1.82, 2.24) is 0 Å². The Labute approximate surface area is 115 Å². The molecule has 108 valence electrons. The third kappa shape index (κ3) is 6.99. The van der Waals surface area contributed by atoms with E-state index in [9.17, 15) is 9.59 Å². The van der Waals surface area contributed by atoms with Gasteiger partial charge >= 0.3 is 11.9 Å². The van der Waals surface area contributed by atoms with Crippen LogP contribution in [0.15, 0.2) is 12.2 Å². The molecule has 1 saturated carbocycles. The lowest BCUT2D eigenvalue weighted by Crippen LogP contribution is -2.14. The van der Waals surface area contributed by atoms with E-state index in [2.05, 4.69) is 6.58 Å². The lowest BCUT2D eigenvalue weighted by Gasteiger charge is -2.10. The molecule has 0 aromatic heterocycles. The fourth-order valence-corrected chi connectivity index (χ4v) is 2.09. The zero-order valence-electron chi connectivity index (χ0n) is 11.8. The van der Waals surface area contributed by atoms with Crippen LogP contribution in [-0.4, -0.2) is 24.6 Å². The summed E-state index contributed by atoms with van der Waals surface area (Å²) < 4.78 is 10.3. The normalized spacial score (nSPS) is 15.2. The molecule has 0 atom stereocenters. The van der Waals surface area contributed by atoms with E-state index < -0.39 is 0 Å². The molecular formula is C15H24O4. The van der Waals surface area contributed by atoms with Gasteiger partial charge in [0.25, 0.3) is 0 Å². The molecule has 0 aliphatic heterocycles. The molecule has 1 fully saturated rings. The first-order valence-corrected chi connectivity index (χ1v) is 7.11. The van der Waals surface area contributed by atoms with Gasteiger partial charge in [-0.1, -0.05) is 6.58 Å². The van der Waals surface area contributed by atoms with E-state index in [1.165, 1.54) is 12.8 Å². The van der Waals surface area contributed by atoms with Crippen LogP contribution >= 0.6 is 0 Å². The van der Waals surface area contributed by atoms with Crippen LogP contribution in [0.25, 0.3) is 0 Å². The fraction of sp³-hybridized carbons (Fsp3) is 0.733. The van der Waals surface area contributed by atoms with Gasteiger partial charge in [0.05, 0.1) is 6.61 Å². The van der Waals surface area contributed by atoms with Crippen LogP contribution in [0.1, 0.15) is 58.3 Å². The van der Waals surface area contributed by atoms with Crippen LogP contribution in [0.2, 0.25) is 0 Å². The first-order chi connectivity index (χ1) is 9.09. The Hall–Kier alpha value is -1.32. The lowest BCUT2D eigenvalue weighted by atomic mass is 10.2. The molecule has 0 saturated heterocycles. The second kappa shape index (κ2) is 8.73. The quantitative estimate of drug-likeness (QED) is 0.385. The first kappa shape index (κ1) is 15.7. The van der Waals surface area contributed by atoms with Crippen molar-refractivity contribution in [1.29, 1.82) is 0 Å². The predicted molar refractivity (Wildman–Crippen MR) is 72.6 cm³/mol. The van der Waals surface area contributed by atoms with Gasteiger partial charge in [-0.15, -0.1) is 0 Å². The molecule has 0 radical (unpaired) electrons. The highest BCUT2D eigenvalue weighted by atomic mass is 16.5. The molecule has 0 aromatic rings. The molecule has 0 N–H and O–H groups in total. The molecule has 1 aliphatic rings. The highest BCUT2D eigenvalue weighted by Crippen LogP contribution is 2.21.